The standard InChI is InChI=1S/C26H23F2N5O3/c27-21-8-6-18(16-22(21)28)29-26(35)23-9-7-20(36-23)17-33-25(34)11-10-24(30-33)32-14-12-31(13-15-32)19-4-2-1-3-5-19/h1-11,16H,12-15,17H2,(H,29,35). The molecule has 1 fully saturated rings. The van der Waals surface area contributed by atoms with Gasteiger partial charge in [0.05, 0.1) is 0 Å². The first kappa shape index (κ1) is 23.3. The number of halogens is 2. The SMILES string of the molecule is O=C(Nc1ccc(F)c(F)c1)c1ccc(Cn2nc(N3CCN(c4ccccc4)CC3)ccc2=O)o1. The first-order chi connectivity index (χ1) is 17.5. The zero-order chi connectivity index (χ0) is 25.1. The predicted molar refractivity (Wildman–Crippen MR) is 131 cm³/mol. The van der Waals surface area contributed by atoms with Crippen molar-refractivity contribution >= 4 is 23.1 Å². The minimum atomic E-state index is -1.07. The maximum atomic E-state index is 13.4. The Morgan fingerprint density at radius 2 is 1.64 bits per heavy atom. The first-order valence-corrected chi connectivity index (χ1v) is 11.4. The van der Waals surface area contributed by atoms with Crippen LogP contribution in [0.3, 0.4) is 0 Å². The maximum Gasteiger partial charge on any atom is 0.291 e. The highest BCUT2D eigenvalue weighted by Gasteiger charge is 2.19. The van der Waals surface area contributed by atoms with Gasteiger partial charge < -0.3 is 19.5 Å². The fraction of sp³-hybridized carbons (Fsp3) is 0.192. The number of hydrogen-bond acceptors (Lipinski definition) is 6. The van der Waals surface area contributed by atoms with E-state index in [-0.39, 0.29) is 23.6 Å². The largest absolute Gasteiger partial charge is 0.454 e. The van der Waals surface area contributed by atoms with Crippen molar-refractivity contribution < 1.29 is 18.0 Å². The quantitative estimate of drug-likeness (QED) is 0.443. The van der Waals surface area contributed by atoms with Crippen molar-refractivity contribution in [2.45, 2.75) is 6.54 Å². The number of aromatic nitrogens is 2. The Morgan fingerprint density at radius 3 is 2.39 bits per heavy atom. The number of nitrogens with zero attached hydrogens (tertiary/aromatic N) is 4. The van der Waals surface area contributed by atoms with Crippen LogP contribution in [0.2, 0.25) is 0 Å². The summed E-state index contributed by atoms with van der Waals surface area (Å²) in [5, 5.41) is 6.95. The Bertz CT molecular complexity index is 1430. The fourth-order valence-electron chi connectivity index (χ4n) is 4.05. The molecule has 184 valence electrons. The van der Waals surface area contributed by atoms with Gasteiger partial charge in [-0.2, -0.15) is 5.10 Å². The molecule has 0 unspecified atom stereocenters. The van der Waals surface area contributed by atoms with E-state index >= 15 is 0 Å². The molecule has 36 heavy (non-hydrogen) atoms. The van der Waals surface area contributed by atoms with Gasteiger partial charge >= 0.3 is 0 Å². The summed E-state index contributed by atoms with van der Waals surface area (Å²) in [5.41, 5.74) is 0.970. The number of anilines is 3. The Kier molecular flexibility index (Phi) is 6.48. The highest BCUT2D eigenvalue weighted by atomic mass is 19.2. The topological polar surface area (TPSA) is 83.6 Å². The van der Waals surface area contributed by atoms with Gasteiger partial charge in [-0.05, 0) is 42.5 Å². The molecule has 10 heteroatoms. The zero-order valence-corrected chi connectivity index (χ0v) is 19.2. The van der Waals surface area contributed by atoms with Gasteiger partial charge in [-0.3, -0.25) is 9.59 Å². The van der Waals surface area contributed by atoms with Gasteiger partial charge in [-0.15, -0.1) is 0 Å². The highest BCUT2D eigenvalue weighted by Crippen LogP contribution is 2.19. The summed E-state index contributed by atoms with van der Waals surface area (Å²) < 4.78 is 33.3. The second kappa shape index (κ2) is 10.0. The normalized spacial score (nSPS) is 13.6. The molecule has 1 saturated heterocycles. The Morgan fingerprint density at radius 1 is 0.889 bits per heavy atom. The monoisotopic (exact) mass is 491 g/mol. The molecule has 0 aliphatic carbocycles. The Hall–Kier alpha value is -4.47. The van der Waals surface area contributed by atoms with Gasteiger partial charge in [-0.1, -0.05) is 18.2 Å². The number of hydrogen-bond donors (Lipinski definition) is 1. The van der Waals surface area contributed by atoms with Crippen molar-refractivity contribution in [3.63, 3.8) is 0 Å². The van der Waals surface area contributed by atoms with E-state index in [9.17, 15) is 18.4 Å². The molecule has 1 aliphatic rings. The lowest BCUT2D eigenvalue weighted by Gasteiger charge is -2.36. The lowest BCUT2D eigenvalue weighted by molar-refractivity contribution is 0.0994. The van der Waals surface area contributed by atoms with E-state index in [4.69, 9.17) is 4.42 Å². The number of piperazine rings is 1. The van der Waals surface area contributed by atoms with Gasteiger partial charge in [0.25, 0.3) is 11.5 Å². The summed E-state index contributed by atoms with van der Waals surface area (Å²) in [4.78, 5) is 29.3. The van der Waals surface area contributed by atoms with Gasteiger partial charge in [0.15, 0.2) is 17.4 Å². The molecule has 2 aromatic carbocycles. The lowest BCUT2D eigenvalue weighted by atomic mass is 10.2. The van der Waals surface area contributed by atoms with Gasteiger partial charge in [0.1, 0.15) is 18.1 Å². The Labute approximate surface area is 205 Å². The average Bonchev–Trinajstić information content (AvgIpc) is 3.37. The summed E-state index contributed by atoms with van der Waals surface area (Å²) in [6.45, 7) is 3.22. The van der Waals surface area contributed by atoms with Crippen LogP contribution in [0.25, 0.3) is 0 Å². The van der Waals surface area contributed by atoms with Crippen molar-refractivity contribution in [1.82, 2.24) is 9.78 Å². The van der Waals surface area contributed by atoms with Crippen molar-refractivity contribution in [2.75, 3.05) is 41.3 Å². The average molecular weight is 491 g/mol. The molecule has 0 atom stereocenters. The van der Waals surface area contributed by atoms with Crippen molar-refractivity contribution in [3.8, 4) is 0 Å². The third-order valence-corrected chi connectivity index (χ3v) is 5.95. The minimum absolute atomic E-state index is 0.0315. The third-order valence-electron chi connectivity index (χ3n) is 5.95. The van der Waals surface area contributed by atoms with E-state index in [0.717, 1.165) is 38.3 Å². The van der Waals surface area contributed by atoms with E-state index in [0.29, 0.717) is 11.6 Å². The van der Waals surface area contributed by atoms with E-state index < -0.39 is 17.5 Å². The molecule has 1 amide bonds. The Balaban J connectivity index is 1.24. The second-order valence-electron chi connectivity index (χ2n) is 8.35. The maximum absolute atomic E-state index is 13.4. The van der Waals surface area contributed by atoms with Crippen molar-refractivity contribution in [3.05, 3.63) is 106 Å². The molecular weight excluding hydrogens is 468 g/mol. The highest BCUT2D eigenvalue weighted by molar-refractivity contribution is 6.02. The van der Waals surface area contributed by atoms with Gasteiger partial charge in [0, 0.05) is 49.7 Å². The van der Waals surface area contributed by atoms with Crippen LogP contribution in [-0.2, 0) is 6.54 Å². The summed E-state index contributed by atoms with van der Waals surface area (Å²) in [5.74, 6) is -1.70. The third kappa shape index (κ3) is 5.12. The summed E-state index contributed by atoms with van der Waals surface area (Å²) in [6.07, 6.45) is 0. The lowest BCUT2D eigenvalue weighted by Crippen LogP contribution is -2.47. The van der Waals surface area contributed by atoms with Crippen LogP contribution in [0.15, 0.2) is 82.0 Å². The van der Waals surface area contributed by atoms with Crippen LogP contribution in [0.1, 0.15) is 16.3 Å². The number of rotatable bonds is 6. The second-order valence-corrected chi connectivity index (χ2v) is 8.35. The summed E-state index contributed by atoms with van der Waals surface area (Å²) in [7, 11) is 0. The summed E-state index contributed by atoms with van der Waals surface area (Å²) in [6, 6.07) is 19.4. The molecule has 8 nitrogen and oxygen atoms in total. The molecule has 0 bridgehead atoms. The number of carbonyl (C=O) groups is 1. The number of para-hydroxylation sites is 1. The minimum Gasteiger partial charge on any atom is -0.454 e. The molecule has 5 rings (SSSR count). The molecule has 1 N–H and O–H groups in total. The molecule has 3 heterocycles. The van der Waals surface area contributed by atoms with E-state index in [2.05, 4.69) is 32.3 Å². The van der Waals surface area contributed by atoms with Crippen molar-refractivity contribution in [2.24, 2.45) is 0 Å². The molecular formula is C26H23F2N5O3. The molecule has 1 aliphatic heterocycles. The molecule has 0 saturated carbocycles. The van der Waals surface area contributed by atoms with E-state index in [1.54, 1.807) is 12.1 Å². The summed E-state index contributed by atoms with van der Waals surface area (Å²) >= 11 is 0. The number of carbonyl (C=O) groups excluding carboxylic acids is 1. The molecule has 4 aromatic rings. The smallest absolute Gasteiger partial charge is 0.291 e. The van der Waals surface area contributed by atoms with Gasteiger partial charge in [-0.25, -0.2) is 13.5 Å². The number of benzene rings is 2. The first-order valence-electron chi connectivity index (χ1n) is 11.4. The zero-order valence-electron chi connectivity index (χ0n) is 19.2. The van der Waals surface area contributed by atoms with E-state index in [1.165, 1.54) is 28.6 Å². The fourth-order valence-corrected chi connectivity index (χ4v) is 4.05. The molecule has 0 radical (unpaired) electrons. The number of nitrogens with one attached hydrogen (secondary N) is 1. The van der Waals surface area contributed by atoms with Crippen molar-refractivity contribution in [1.29, 1.82) is 0 Å². The number of amides is 1. The van der Waals surface area contributed by atoms with Crippen LogP contribution in [0.4, 0.5) is 26.0 Å². The van der Waals surface area contributed by atoms with Crippen LogP contribution in [0, 0.1) is 11.6 Å². The van der Waals surface area contributed by atoms with Crippen LogP contribution >= 0.6 is 0 Å². The van der Waals surface area contributed by atoms with Gasteiger partial charge in [0.2, 0.25) is 0 Å². The molecule has 0 spiro atoms. The van der Waals surface area contributed by atoms with Crippen LogP contribution < -0.4 is 20.7 Å². The van der Waals surface area contributed by atoms with Crippen LogP contribution in [-0.4, -0.2) is 41.9 Å². The molecule has 2 aromatic heterocycles. The number of furan rings is 1. The van der Waals surface area contributed by atoms with E-state index in [1.807, 2.05) is 18.2 Å². The predicted octanol–water partition coefficient (Wildman–Crippen LogP) is 3.74. The van der Waals surface area contributed by atoms with Crippen LogP contribution in [0.5, 0.6) is 0 Å².